The van der Waals surface area contributed by atoms with Crippen molar-refractivity contribution in [2.45, 2.75) is 52.6 Å². The lowest BCUT2D eigenvalue weighted by molar-refractivity contribution is -0.145. The van der Waals surface area contributed by atoms with Crippen LogP contribution in [0, 0.1) is 0 Å². The monoisotopic (exact) mass is 390 g/mol. The van der Waals surface area contributed by atoms with Gasteiger partial charge >= 0.3 is 19.8 Å². The summed E-state index contributed by atoms with van der Waals surface area (Å²) in [6, 6.07) is 1.22. The summed E-state index contributed by atoms with van der Waals surface area (Å²) in [5, 5.41) is 2.43. The van der Waals surface area contributed by atoms with Gasteiger partial charge in [-0.3, -0.25) is 19.1 Å². The average Bonchev–Trinajstić information content (AvgIpc) is 2.55. The maximum atomic E-state index is 11.8. The molecule has 0 aromatic carbocycles. The number of aromatic amines is 1. The first-order valence-corrected chi connectivity index (χ1v) is 9.40. The molecule has 1 rings (SSSR count). The zero-order valence-corrected chi connectivity index (χ0v) is 16.2. The number of hydrogen-bond acceptors (Lipinski definition) is 7. The van der Waals surface area contributed by atoms with Gasteiger partial charge in [0, 0.05) is 12.3 Å². The molecule has 10 nitrogen and oxygen atoms in total. The highest BCUT2D eigenvalue weighted by Gasteiger charge is 2.24. The standard InChI is InChI=1S/C15H24N3O7P/c1-5-12(9-23-26(22)16-8-14(20)24-10(2)3)25-11(4)18-7-6-13(19)17-15(18)21/h6-7,10-12H,5,8-9H2,1-4H3,(H-,16,17,19,21,22)/p+1/t11-,12?/m1/s1. The van der Waals surface area contributed by atoms with Crippen molar-refractivity contribution in [3.63, 3.8) is 0 Å². The lowest BCUT2D eigenvalue weighted by Crippen LogP contribution is -2.33. The Morgan fingerprint density at radius 3 is 2.62 bits per heavy atom. The van der Waals surface area contributed by atoms with Crippen LogP contribution in [-0.2, 0) is 23.4 Å². The van der Waals surface area contributed by atoms with Crippen LogP contribution in [0.1, 0.15) is 40.3 Å². The van der Waals surface area contributed by atoms with Crippen LogP contribution in [0.3, 0.4) is 0 Å². The molecular weight excluding hydrogens is 365 g/mol. The summed E-state index contributed by atoms with van der Waals surface area (Å²) in [4.78, 5) is 36.3. The zero-order valence-electron chi connectivity index (χ0n) is 15.3. The molecule has 0 fully saturated rings. The van der Waals surface area contributed by atoms with Crippen molar-refractivity contribution >= 4 is 14.1 Å². The van der Waals surface area contributed by atoms with E-state index >= 15 is 0 Å². The van der Waals surface area contributed by atoms with Gasteiger partial charge < -0.3 is 9.47 Å². The average molecular weight is 390 g/mol. The smallest absolute Gasteiger partial charge is 0.462 e. The Bertz CT molecular complexity index is 716. The summed E-state index contributed by atoms with van der Waals surface area (Å²) >= 11 is 0. The molecule has 0 aliphatic rings. The van der Waals surface area contributed by atoms with Gasteiger partial charge in [-0.2, -0.15) is 0 Å². The van der Waals surface area contributed by atoms with Crippen LogP contribution in [0.15, 0.2) is 21.9 Å². The maximum Gasteiger partial charge on any atom is 0.613 e. The van der Waals surface area contributed by atoms with Crippen molar-refractivity contribution in [1.29, 1.82) is 0 Å². The Morgan fingerprint density at radius 1 is 1.35 bits per heavy atom. The van der Waals surface area contributed by atoms with E-state index in [0.717, 1.165) is 0 Å². The third kappa shape index (κ3) is 8.01. The number of rotatable bonds is 11. The summed E-state index contributed by atoms with van der Waals surface area (Å²) in [6.45, 7) is 6.69. The van der Waals surface area contributed by atoms with Gasteiger partial charge in [-0.05, 0) is 31.8 Å². The van der Waals surface area contributed by atoms with Crippen LogP contribution in [0.25, 0.3) is 0 Å². The maximum absolute atomic E-state index is 11.8. The predicted octanol–water partition coefficient (Wildman–Crippen LogP) is 1.07. The second-order valence-electron chi connectivity index (χ2n) is 5.71. The van der Waals surface area contributed by atoms with E-state index in [1.54, 1.807) is 20.8 Å². The van der Waals surface area contributed by atoms with E-state index in [1.807, 2.05) is 6.92 Å². The second-order valence-corrected chi connectivity index (χ2v) is 6.80. The molecule has 0 amide bonds. The first-order valence-electron chi connectivity index (χ1n) is 8.23. The summed E-state index contributed by atoms with van der Waals surface area (Å²) in [5.74, 6) is -0.527. The molecule has 0 radical (unpaired) electrons. The highest BCUT2D eigenvalue weighted by Crippen LogP contribution is 2.19. The molecule has 0 saturated heterocycles. The number of carbonyl (C=O) groups is 1. The number of nitrogens with zero attached hydrogens (tertiary/aromatic N) is 1. The second kappa shape index (κ2) is 11.0. The number of hydrogen-bond donors (Lipinski definition) is 2. The van der Waals surface area contributed by atoms with Crippen molar-refractivity contribution in [2.75, 3.05) is 13.2 Å². The van der Waals surface area contributed by atoms with Crippen molar-refractivity contribution in [2.24, 2.45) is 0 Å². The van der Waals surface area contributed by atoms with Gasteiger partial charge in [0.25, 0.3) is 5.56 Å². The fourth-order valence-electron chi connectivity index (χ4n) is 1.94. The van der Waals surface area contributed by atoms with Crippen LogP contribution in [0.5, 0.6) is 0 Å². The van der Waals surface area contributed by atoms with Crippen LogP contribution < -0.4 is 16.3 Å². The molecule has 1 heterocycles. The lowest BCUT2D eigenvalue weighted by Gasteiger charge is -2.20. The third-order valence-corrected chi connectivity index (χ3v) is 3.98. The minimum atomic E-state index is -2.26. The number of aromatic nitrogens is 2. The molecule has 11 heteroatoms. The predicted molar refractivity (Wildman–Crippen MR) is 94.0 cm³/mol. The van der Waals surface area contributed by atoms with Gasteiger partial charge in [0.1, 0.15) is 19.4 Å². The Balaban J connectivity index is 2.46. The highest BCUT2D eigenvalue weighted by atomic mass is 31.1. The van der Waals surface area contributed by atoms with E-state index in [4.69, 9.17) is 14.0 Å². The van der Waals surface area contributed by atoms with E-state index in [9.17, 15) is 18.9 Å². The number of nitrogens with one attached hydrogen (secondary N) is 2. The molecular formula is C15H25N3O7P+. The van der Waals surface area contributed by atoms with Crippen molar-refractivity contribution in [3.8, 4) is 0 Å². The van der Waals surface area contributed by atoms with E-state index in [0.29, 0.717) is 6.42 Å². The molecule has 0 saturated carbocycles. The summed E-state index contributed by atoms with van der Waals surface area (Å²) in [5.41, 5.74) is -1.08. The van der Waals surface area contributed by atoms with Crippen molar-refractivity contribution in [3.05, 3.63) is 33.1 Å². The SMILES string of the molecule is CCC(CO[P+](=O)NCC(=O)OC(C)C)O[C@H](C)n1ccc(=O)[nH]c1=O. The first-order chi connectivity index (χ1) is 12.2. The van der Waals surface area contributed by atoms with Gasteiger partial charge in [-0.1, -0.05) is 12.0 Å². The largest absolute Gasteiger partial charge is 0.613 e. The Labute approximate surface area is 151 Å². The fourth-order valence-corrected chi connectivity index (χ4v) is 2.59. The fraction of sp³-hybridized carbons (Fsp3) is 0.667. The first kappa shape index (κ1) is 22.2. The summed E-state index contributed by atoms with van der Waals surface area (Å²) in [7, 11) is -2.26. The molecule has 0 aliphatic carbocycles. The number of carbonyl (C=O) groups excluding carboxylic acids is 1. The van der Waals surface area contributed by atoms with Gasteiger partial charge in [0.15, 0.2) is 0 Å². The molecule has 1 aromatic heterocycles. The third-order valence-electron chi connectivity index (χ3n) is 3.18. The van der Waals surface area contributed by atoms with Crippen LogP contribution in [-0.4, -0.2) is 40.9 Å². The van der Waals surface area contributed by atoms with Gasteiger partial charge in [-0.25, -0.2) is 4.79 Å². The molecule has 0 spiro atoms. The number of H-pyrrole nitrogens is 1. The minimum absolute atomic E-state index is 0.000373. The van der Waals surface area contributed by atoms with Gasteiger partial charge in [0.2, 0.25) is 0 Å². The van der Waals surface area contributed by atoms with Crippen molar-refractivity contribution in [1.82, 2.24) is 14.6 Å². The zero-order chi connectivity index (χ0) is 19.7. The normalized spacial score (nSPS) is 14.1. The van der Waals surface area contributed by atoms with Crippen LogP contribution in [0.2, 0.25) is 0 Å². The molecule has 2 unspecified atom stereocenters. The molecule has 1 aromatic rings. The molecule has 2 N–H and O–H groups in total. The Morgan fingerprint density at radius 2 is 2.04 bits per heavy atom. The van der Waals surface area contributed by atoms with Gasteiger partial charge in [-0.15, -0.1) is 4.52 Å². The molecule has 0 bridgehead atoms. The molecule has 3 atom stereocenters. The van der Waals surface area contributed by atoms with Crippen molar-refractivity contribution < 1.29 is 23.4 Å². The number of esters is 1. The molecule has 146 valence electrons. The minimum Gasteiger partial charge on any atom is -0.462 e. The van der Waals surface area contributed by atoms with E-state index < -0.39 is 37.7 Å². The lowest BCUT2D eigenvalue weighted by atomic mass is 10.3. The quantitative estimate of drug-likeness (QED) is 0.424. The van der Waals surface area contributed by atoms with E-state index in [2.05, 4.69) is 10.1 Å². The van der Waals surface area contributed by atoms with E-state index in [1.165, 1.54) is 16.8 Å². The molecule has 26 heavy (non-hydrogen) atoms. The Kier molecular flexibility index (Phi) is 9.36. The van der Waals surface area contributed by atoms with E-state index in [-0.39, 0.29) is 19.3 Å². The Hall–Kier alpha value is -1.87. The molecule has 0 aliphatic heterocycles. The summed E-state index contributed by atoms with van der Waals surface area (Å²) < 4.78 is 28.7. The van der Waals surface area contributed by atoms with Crippen LogP contribution >= 0.6 is 8.18 Å². The van der Waals surface area contributed by atoms with Gasteiger partial charge in [0.05, 0.1) is 12.2 Å². The number of ether oxygens (including phenoxy) is 2. The highest BCUT2D eigenvalue weighted by molar-refractivity contribution is 7.36. The summed E-state index contributed by atoms with van der Waals surface area (Å²) in [6.07, 6.45) is 0.536. The topological polar surface area (TPSA) is 129 Å². The van der Waals surface area contributed by atoms with Crippen LogP contribution in [0.4, 0.5) is 0 Å².